The molecule has 0 aromatic carbocycles. The molecule has 4 heteroatoms. The van der Waals surface area contributed by atoms with E-state index in [9.17, 15) is 0 Å². The molecule has 1 aliphatic carbocycles. The van der Waals surface area contributed by atoms with Gasteiger partial charge >= 0.3 is 0 Å². The fourth-order valence-electron chi connectivity index (χ4n) is 2.72. The second-order valence-electron chi connectivity index (χ2n) is 4.69. The van der Waals surface area contributed by atoms with Crippen molar-refractivity contribution in [2.75, 3.05) is 0 Å². The van der Waals surface area contributed by atoms with Crippen LogP contribution in [0.4, 0.5) is 0 Å². The molecular weight excluding hydrogens is 222 g/mol. The van der Waals surface area contributed by atoms with Crippen LogP contribution in [0, 0.1) is 5.92 Å². The smallest absolute Gasteiger partial charge is 0.225 e. The van der Waals surface area contributed by atoms with E-state index in [1.54, 1.807) is 0 Å². The van der Waals surface area contributed by atoms with Crippen LogP contribution in [-0.2, 0) is 6.42 Å². The topological polar surface area (TPSA) is 30.7 Å². The first kappa shape index (κ1) is 11.9. The molecule has 1 fully saturated rings. The van der Waals surface area contributed by atoms with Crippen molar-refractivity contribution in [2.24, 2.45) is 5.92 Å². The van der Waals surface area contributed by atoms with Gasteiger partial charge in [-0.15, -0.1) is 10.2 Å². The van der Waals surface area contributed by atoms with Crippen LogP contribution in [0.2, 0.25) is 5.28 Å². The standard InChI is InChI=1S/C12H20ClN3/c1-3-9-5-7-10(8-6-9)16-11(4-2)14-15-12(16)13/h9-10H,3-8H2,1-2H3. The Morgan fingerprint density at radius 1 is 1.19 bits per heavy atom. The lowest BCUT2D eigenvalue weighted by atomic mass is 9.84. The van der Waals surface area contributed by atoms with Crippen molar-refractivity contribution in [3.05, 3.63) is 11.1 Å². The minimum absolute atomic E-state index is 0.528. The Bertz CT molecular complexity index is 340. The van der Waals surface area contributed by atoms with E-state index in [0.717, 1.165) is 18.2 Å². The molecule has 3 nitrogen and oxygen atoms in total. The van der Waals surface area contributed by atoms with Gasteiger partial charge in [-0.05, 0) is 43.2 Å². The number of aryl methyl sites for hydroxylation is 1. The van der Waals surface area contributed by atoms with E-state index < -0.39 is 0 Å². The molecular formula is C12H20ClN3. The van der Waals surface area contributed by atoms with E-state index in [1.165, 1.54) is 32.1 Å². The van der Waals surface area contributed by atoms with Crippen LogP contribution in [0.15, 0.2) is 0 Å². The van der Waals surface area contributed by atoms with Gasteiger partial charge in [-0.3, -0.25) is 4.57 Å². The van der Waals surface area contributed by atoms with Crippen LogP contribution in [0.25, 0.3) is 0 Å². The number of rotatable bonds is 3. The summed E-state index contributed by atoms with van der Waals surface area (Å²) in [5.74, 6) is 1.95. The number of nitrogens with zero attached hydrogens (tertiary/aromatic N) is 3. The van der Waals surface area contributed by atoms with Gasteiger partial charge in [0, 0.05) is 12.5 Å². The Morgan fingerprint density at radius 2 is 1.88 bits per heavy atom. The van der Waals surface area contributed by atoms with Gasteiger partial charge in [0.2, 0.25) is 5.28 Å². The first-order chi connectivity index (χ1) is 7.76. The average molecular weight is 242 g/mol. The van der Waals surface area contributed by atoms with E-state index in [1.807, 2.05) is 0 Å². The van der Waals surface area contributed by atoms with Gasteiger partial charge in [0.25, 0.3) is 0 Å². The van der Waals surface area contributed by atoms with Crippen LogP contribution < -0.4 is 0 Å². The molecule has 1 aromatic heterocycles. The van der Waals surface area contributed by atoms with Crippen molar-refractivity contribution >= 4 is 11.6 Å². The quantitative estimate of drug-likeness (QED) is 0.809. The zero-order valence-corrected chi connectivity index (χ0v) is 10.9. The van der Waals surface area contributed by atoms with Crippen molar-refractivity contribution in [3.63, 3.8) is 0 Å². The molecule has 0 bridgehead atoms. The van der Waals surface area contributed by atoms with Gasteiger partial charge in [0.05, 0.1) is 0 Å². The van der Waals surface area contributed by atoms with Crippen molar-refractivity contribution < 1.29 is 0 Å². The Kier molecular flexibility index (Phi) is 3.85. The molecule has 0 N–H and O–H groups in total. The van der Waals surface area contributed by atoms with Crippen molar-refractivity contribution in [3.8, 4) is 0 Å². The lowest BCUT2D eigenvalue weighted by molar-refractivity contribution is 0.266. The molecule has 0 aliphatic heterocycles. The highest BCUT2D eigenvalue weighted by Crippen LogP contribution is 2.35. The maximum atomic E-state index is 6.12. The van der Waals surface area contributed by atoms with E-state index in [0.29, 0.717) is 11.3 Å². The number of aromatic nitrogens is 3. The lowest BCUT2D eigenvalue weighted by Crippen LogP contribution is -2.19. The van der Waals surface area contributed by atoms with Crippen LogP contribution in [0.5, 0.6) is 0 Å². The molecule has 0 unspecified atom stereocenters. The van der Waals surface area contributed by atoms with Crippen molar-refractivity contribution in [2.45, 2.75) is 58.4 Å². The summed E-state index contributed by atoms with van der Waals surface area (Å²) in [5, 5.41) is 8.68. The molecule has 90 valence electrons. The summed E-state index contributed by atoms with van der Waals surface area (Å²) in [6.45, 7) is 4.39. The zero-order chi connectivity index (χ0) is 11.5. The molecule has 1 saturated carbocycles. The fraction of sp³-hybridized carbons (Fsp3) is 0.833. The highest BCUT2D eigenvalue weighted by atomic mass is 35.5. The number of halogens is 1. The first-order valence-corrected chi connectivity index (χ1v) is 6.73. The number of hydrogen-bond donors (Lipinski definition) is 0. The van der Waals surface area contributed by atoms with Crippen molar-refractivity contribution in [1.82, 2.24) is 14.8 Å². The highest BCUT2D eigenvalue weighted by Gasteiger charge is 2.24. The van der Waals surface area contributed by atoms with Crippen LogP contribution >= 0.6 is 11.6 Å². The normalized spacial score (nSPS) is 25.9. The third kappa shape index (κ3) is 2.24. The molecule has 1 heterocycles. The summed E-state index contributed by atoms with van der Waals surface area (Å²) in [6, 6.07) is 0.528. The average Bonchev–Trinajstić information content (AvgIpc) is 2.70. The largest absolute Gasteiger partial charge is 0.299 e. The summed E-state index contributed by atoms with van der Waals surface area (Å²) < 4.78 is 2.15. The van der Waals surface area contributed by atoms with Crippen LogP contribution in [-0.4, -0.2) is 14.8 Å². The minimum Gasteiger partial charge on any atom is -0.299 e. The zero-order valence-electron chi connectivity index (χ0n) is 10.1. The maximum absolute atomic E-state index is 6.12. The summed E-state index contributed by atoms with van der Waals surface area (Å²) in [6.07, 6.45) is 7.31. The Labute approximate surface area is 102 Å². The summed E-state index contributed by atoms with van der Waals surface area (Å²) in [4.78, 5) is 0. The monoisotopic (exact) mass is 241 g/mol. The van der Waals surface area contributed by atoms with E-state index in [2.05, 4.69) is 28.6 Å². The van der Waals surface area contributed by atoms with Gasteiger partial charge in [-0.1, -0.05) is 20.3 Å². The molecule has 16 heavy (non-hydrogen) atoms. The highest BCUT2D eigenvalue weighted by molar-refractivity contribution is 6.28. The first-order valence-electron chi connectivity index (χ1n) is 6.35. The van der Waals surface area contributed by atoms with Gasteiger partial charge in [0.15, 0.2) is 0 Å². The van der Waals surface area contributed by atoms with E-state index >= 15 is 0 Å². The van der Waals surface area contributed by atoms with Gasteiger partial charge in [0.1, 0.15) is 5.82 Å². The summed E-state index contributed by atoms with van der Waals surface area (Å²) in [7, 11) is 0. The summed E-state index contributed by atoms with van der Waals surface area (Å²) >= 11 is 6.12. The Hall–Kier alpha value is -0.570. The third-order valence-corrected chi connectivity index (χ3v) is 4.06. The van der Waals surface area contributed by atoms with E-state index in [4.69, 9.17) is 11.6 Å². The fourth-order valence-corrected chi connectivity index (χ4v) is 2.99. The molecule has 1 aromatic rings. The van der Waals surface area contributed by atoms with Crippen molar-refractivity contribution in [1.29, 1.82) is 0 Å². The van der Waals surface area contributed by atoms with Gasteiger partial charge in [-0.2, -0.15) is 0 Å². The lowest BCUT2D eigenvalue weighted by Gasteiger charge is -2.29. The molecule has 0 atom stereocenters. The maximum Gasteiger partial charge on any atom is 0.225 e. The second kappa shape index (κ2) is 5.17. The molecule has 0 saturated heterocycles. The molecule has 0 spiro atoms. The minimum atomic E-state index is 0.528. The predicted octanol–water partition coefficient (Wildman–Crippen LogP) is 3.64. The molecule has 0 amide bonds. The van der Waals surface area contributed by atoms with Crippen LogP contribution in [0.3, 0.4) is 0 Å². The third-order valence-electron chi connectivity index (χ3n) is 3.80. The Balaban J connectivity index is 2.10. The Morgan fingerprint density at radius 3 is 2.44 bits per heavy atom. The van der Waals surface area contributed by atoms with Gasteiger partial charge in [-0.25, -0.2) is 0 Å². The molecule has 0 radical (unpaired) electrons. The van der Waals surface area contributed by atoms with Gasteiger partial charge < -0.3 is 0 Å². The second-order valence-corrected chi connectivity index (χ2v) is 5.03. The van der Waals surface area contributed by atoms with Crippen LogP contribution in [0.1, 0.15) is 57.8 Å². The molecule has 2 rings (SSSR count). The summed E-state index contributed by atoms with van der Waals surface area (Å²) in [5.41, 5.74) is 0. The predicted molar refractivity (Wildman–Crippen MR) is 65.7 cm³/mol. The number of hydrogen-bond acceptors (Lipinski definition) is 2. The van der Waals surface area contributed by atoms with E-state index in [-0.39, 0.29) is 0 Å². The molecule has 1 aliphatic rings. The SMILES string of the molecule is CCc1nnc(Cl)n1C1CCC(CC)CC1.